The molecule has 0 spiro atoms. The normalized spacial score (nSPS) is 16.7. The average molecular weight is 700 g/mol. The van der Waals surface area contributed by atoms with Crippen LogP contribution in [-0.4, -0.2) is 10.7 Å². The summed E-state index contributed by atoms with van der Waals surface area (Å²) in [5.74, 6) is 1.06. The number of ether oxygens (including phenoxy) is 1. The minimum atomic E-state index is -0.146. The molecule has 0 N–H and O–H groups in total. The predicted molar refractivity (Wildman–Crippen MR) is 223 cm³/mol. The molecular weight excluding hydrogens is 671 g/mol. The second-order valence-corrected chi connectivity index (χ2v) is 16.1. The Balaban J connectivity index is 0.997. The highest BCUT2D eigenvalue weighted by molar-refractivity contribution is 7.26. The Kier molecular flexibility index (Phi) is 5.96. The largest absolute Gasteiger partial charge is 0.483 e. The molecule has 0 saturated carbocycles. The lowest BCUT2D eigenvalue weighted by Crippen LogP contribution is -2.24. The Bertz CT molecular complexity index is 3190. The van der Waals surface area contributed by atoms with Gasteiger partial charge in [-0.2, -0.15) is 0 Å². The monoisotopic (exact) mass is 699 g/mol. The quantitative estimate of drug-likeness (QED) is 0.179. The van der Waals surface area contributed by atoms with Crippen molar-refractivity contribution in [1.29, 1.82) is 0 Å². The van der Waals surface area contributed by atoms with Crippen LogP contribution in [0.5, 0.6) is 5.75 Å². The van der Waals surface area contributed by atoms with E-state index in [1.807, 2.05) is 22.7 Å². The zero-order chi connectivity index (χ0) is 33.9. The fourth-order valence-electron chi connectivity index (χ4n) is 8.93. The lowest BCUT2D eigenvalue weighted by Gasteiger charge is -2.25. The van der Waals surface area contributed by atoms with Crippen LogP contribution < -0.4 is 4.74 Å². The van der Waals surface area contributed by atoms with Crippen molar-refractivity contribution in [3.8, 4) is 28.0 Å². The van der Waals surface area contributed by atoms with Crippen LogP contribution in [0.2, 0.25) is 0 Å². The van der Waals surface area contributed by atoms with Crippen molar-refractivity contribution in [2.45, 2.75) is 12.0 Å². The Morgan fingerprint density at radius 2 is 1.15 bits per heavy atom. The molecule has 4 heteroatoms. The molecule has 0 saturated heterocycles. The van der Waals surface area contributed by atoms with E-state index < -0.39 is 0 Å². The van der Waals surface area contributed by atoms with Crippen molar-refractivity contribution in [1.82, 2.24) is 4.57 Å². The molecule has 2 aliphatic rings. The maximum atomic E-state index is 7.01. The van der Waals surface area contributed by atoms with Gasteiger partial charge >= 0.3 is 0 Å². The third-order valence-corrected chi connectivity index (χ3v) is 13.5. The SMILES string of the molecule is C1=CC2c3c(cccc3-c3cccc4sc5ccccc5c34)OC2C(n2c3ccccc3c3cc(-c4ccc5sc6ccccc6c5c4)ccc32)=C1. The molecule has 0 fully saturated rings. The fourth-order valence-corrected chi connectivity index (χ4v) is 11.2. The highest BCUT2D eigenvalue weighted by atomic mass is 32.1. The molecule has 4 heterocycles. The zero-order valence-corrected chi connectivity index (χ0v) is 29.5. The van der Waals surface area contributed by atoms with Gasteiger partial charge in [0.25, 0.3) is 0 Å². The number of rotatable bonds is 3. The Morgan fingerprint density at radius 3 is 2.06 bits per heavy atom. The van der Waals surface area contributed by atoms with Crippen LogP contribution in [-0.2, 0) is 0 Å². The van der Waals surface area contributed by atoms with Crippen LogP contribution >= 0.6 is 22.7 Å². The van der Waals surface area contributed by atoms with Crippen LogP contribution in [0.15, 0.2) is 164 Å². The van der Waals surface area contributed by atoms with Gasteiger partial charge in [-0.1, -0.05) is 103 Å². The second kappa shape index (κ2) is 10.8. The molecule has 10 aromatic rings. The van der Waals surface area contributed by atoms with Gasteiger partial charge < -0.3 is 9.30 Å². The molecule has 3 aromatic heterocycles. The first-order valence-electron chi connectivity index (χ1n) is 17.8. The first kappa shape index (κ1) is 28.7. The number of benzene rings is 7. The van der Waals surface area contributed by atoms with E-state index in [0.29, 0.717) is 0 Å². The summed E-state index contributed by atoms with van der Waals surface area (Å²) in [6.07, 6.45) is 6.69. The summed E-state index contributed by atoms with van der Waals surface area (Å²) in [6, 6.07) is 53.6. The van der Waals surface area contributed by atoms with E-state index in [1.165, 1.54) is 95.7 Å². The van der Waals surface area contributed by atoms with Crippen LogP contribution in [0.25, 0.3) is 90.1 Å². The summed E-state index contributed by atoms with van der Waals surface area (Å²) in [5.41, 5.74) is 9.84. The topological polar surface area (TPSA) is 14.2 Å². The van der Waals surface area contributed by atoms with Crippen molar-refractivity contribution in [2.75, 3.05) is 0 Å². The van der Waals surface area contributed by atoms with Gasteiger partial charge in [0.2, 0.25) is 0 Å². The van der Waals surface area contributed by atoms with E-state index in [-0.39, 0.29) is 12.0 Å². The summed E-state index contributed by atoms with van der Waals surface area (Å²) in [5, 5.41) is 7.81. The molecule has 0 bridgehead atoms. The molecule has 2 unspecified atom stereocenters. The van der Waals surface area contributed by atoms with Gasteiger partial charge in [0.05, 0.1) is 16.7 Å². The van der Waals surface area contributed by atoms with Gasteiger partial charge in [-0.25, -0.2) is 0 Å². The van der Waals surface area contributed by atoms with Gasteiger partial charge in [-0.3, -0.25) is 0 Å². The molecule has 12 rings (SSSR count). The summed E-state index contributed by atoms with van der Waals surface area (Å²) in [4.78, 5) is 0. The van der Waals surface area contributed by atoms with E-state index >= 15 is 0 Å². The molecule has 244 valence electrons. The van der Waals surface area contributed by atoms with Crippen LogP contribution in [0.3, 0.4) is 0 Å². The Hall–Kier alpha value is -5.94. The van der Waals surface area contributed by atoms with Gasteiger partial charge in [0.1, 0.15) is 11.9 Å². The second-order valence-electron chi connectivity index (χ2n) is 13.9. The number of nitrogens with zero attached hydrogens (tertiary/aromatic N) is 1. The Labute approximate surface area is 307 Å². The van der Waals surface area contributed by atoms with E-state index in [4.69, 9.17) is 4.74 Å². The number of fused-ring (bicyclic) bond motifs is 12. The van der Waals surface area contributed by atoms with Crippen LogP contribution in [0, 0.1) is 0 Å². The number of thiophene rings is 2. The van der Waals surface area contributed by atoms with Gasteiger partial charge in [-0.05, 0) is 82.9 Å². The number of hydrogen-bond acceptors (Lipinski definition) is 3. The summed E-state index contributed by atoms with van der Waals surface area (Å²) >= 11 is 3.74. The van der Waals surface area contributed by atoms with Gasteiger partial charge in [0.15, 0.2) is 0 Å². The summed E-state index contributed by atoms with van der Waals surface area (Å²) in [7, 11) is 0. The first-order chi connectivity index (χ1) is 25.8. The summed E-state index contributed by atoms with van der Waals surface area (Å²) < 4.78 is 14.8. The number of para-hydroxylation sites is 1. The number of aromatic nitrogens is 1. The molecule has 1 aliphatic heterocycles. The lowest BCUT2D eigenvalue weighted by molar-refractivity contribution is 0.272. The molecule has 52 heavy (non-hydrogen) atoms. The maximum Gasteiger partial charge on any atom is 0.149 e. The van der Waals surface area contributed by atoms with Crippen LogP contribution in [0.1, 0.15) is 11.5 Å². The molecule has 2 atom stereocenters. The standard InChI is InChI=1S/C48H29NOS2/c1-4-16-38-30(10-1)36-26-28(29-23-25-44-37(27-29)31-11-2-5-19-42(31)51-44)22-24-39(36)49(38)40-17-7-15-35-46-32(13-8-18-41(46)50-48(35)40)33-14-9-21-45-47(33)34-12-3-6-20-43(34)52-45/h1-27,35,48H. The third kappa shape index (κ3) is 3.99. The molecule has 0 amide bonds. The van der Waals surface area contributed by atoms with Crippen molar-refractivity contribution < 1.29 is 4.74 Å². The van der Waals surface area contributed by atoms with Crippen molar-refractivity contribution >= 4 is 90.5 Å². The lowest BCUT2D eigenvalue weighted by atomic mass is 9.84. The van der Waals surface area contributed by atoms with Crippen molar-refractivity contribution in [2.24, 2.45) is 0 Å². The molecule has 1 aliphatic carbocycles. The number of hydrogen-bond donors (Lipinski definition) is 0. The predicted octanol–water partition coefficient (Wildman–Crippen LogP) is 13.8. The minimum absolute atomic E-state index is 0.0917. The van der Waals surface area contributed by atoms with E-state index in [1.54, 1.807) is 0 Å². The van der Waals surface area contributed by atoms with Gasteiger partial charge in [0, 0.05) is 62.6 Å². The first-order valence-corrected chi connectivity index (χ1v) is 19.5. The highest BCUT2D eigenvalue weighted by Gasteiger charge is 2.40. The highest BCUT2D eigenvalue weighted by Crippen LogP contribution is 2.52. The zero-order valence-electron chi connectivity index (χ0n) is 27.9. The van der Waals surface area contributed by atoms with Crippen molar-refractivity contribution in [3.05, 3.63) is 169 Å². The molecule has 2 nitrogen and oxygen atoms in total. The minimum Gasteiger partial charge on any atom is -0.483 e. The maximum absolute atomic E-state index is 7.01. The van der Waals surface area contributed by atoms with Crippen LogP contribution in [0.4, 0.5) is 0 Å². The third-order valence-electron chi connectivity index (χ3n) is 11.2. The van der Waals surface area contributed by atoms with Gasteiger partial charge in [-0.15, -0.1) is 22.7 Å². The average Bonchev–Trinajstić information content (AvgIpc) is 3.96. The van der Waals surface area contributed by atoms with Crippen molar-refractivity contribution in [3.63, 3.8) is 0 Å². The van der Waals surface area contributed by atoms with E-state index in [2.05, 4.69) is 168 Å². The van der Waals surface area contributed by atoms with E-state index in [0.717, 1.165) is 5.75 Å². The van der Waals surface area contributed by atoms with E-state index in [9.17, 15) is 0 Å². The molecule has 7 aromatic carbocycles. The fraction of sp³-hybridized carbons (Fsp3) is 0.0417. The Morgan fingerprint density at radius 1 is 0.500 bits per heavy atom. The number of allylic oxidation sites excluding steroid dienone is 2. The molecular formula is C48H29NOS2. The smallest absolute Gasteiger partial charge is 0.149 e. The summed E-state index contributed by atoms with van der Waals surface area (Å²) in [6.45, 7) is 0. The molecule has 0 radical (unpaired) electrons.